The van der Waals surface area contributed by atoms with Gasteiger partial charge < -0.3 is 5.32 Å². The molecule has 5 heteroatoms. The van der Waals surface area contributed by atoms with Crippen molar-refractivity contribution in [2.24, 2.45) is 0 Å². The van der Waals surface area contributed by atoms with Crippen LogP contribution in [0.2, 0.25) is 0 Å². The number of nitrogens with one attached hydrogen (secondary N) is 1. The fourth-order valence-electron chi connectivity index (χ4n) is 2.18. The van der Waals surface area contributed by atoms with Gasteiger partial charge in [-0.05, 0) is 36.6 Å². The minimum atomic E-state index is -0.0722. The average Bonchev–Trinajstić information content (AvgIpc) is 2.95. The predicted molar refractivity (Wildman–Crippen MR) is 84.6 cm³/mol. The third-order valence-corrected chi connectivity index (χ3v) is 4.00. The van der Waals surface area contributed by atoms with Gasteiger partial charge in [0.1, 0.15) is 0 Å². The van der Waals surface area contributed by atoms with Crippen molar-refractivity contribution < 1.29 is 4.79 Å². The number of aromatic nitrogens is 2. The maximum atomic E-state index is 12.3. The van der Waals surface area contributed by atoms with E-state index in [1.807, 2.05) is 61.0 Å². The van der Waals surface area contributed by atoms with E-state index in [-0.39, 0.29) is 5.91 Å². The molecule has 0 aliphatic rings. The molecule has 0 unspecified atom stereocenters. The maximum Gasteiger partial charge on any atom is 0.252 e. The molecule has 0 aliphatic carbocycles. The largest absolute Gasteiger partial charge is 0.346 e. The molecule has 0 saturated carbocycles. The third-order valence-electron chi connectivity index (χ3n) is 3.20. The Bertz CT molecular complexity index is 749. The lowest BCUT2D eigenvalue weighted by molar-refractivity contribution is 0.0947. The van der Waals surface area contributed by atoms with E-state index in [0.717, 1.165) is 16.1 Å². The first kappa shape index (κ1) is 13.7. The lowest BCUT2D eigenvalue weighted by Gasteiger charge is -2.07. The molecule has 0 saturated heterocycles. The Labute approximate surface area is 127 Å². The highest BCUT2D eigenvalue weighted by molar-refractivity contribution is 7.98. The van der Waals surface area contributed by atoms with E-state index in [4.69, 9.17) is 0 Å². The van der Waals surface area contributed by atoms with Crippen LogP contribution in [0.3, 0.4) is 0 Å². The zero-order valence-corrected chi connectivity index (χ0v) is 12.4. The van der Waals surface area contributed by atoms with Crippen molar-refractivity contribution in [3.8, 4) is 0 Å². The zero-order valence-electron chi connectivity index (χ0n) is 11.6. The van der Waals surface area contributed by atoms with E-state index < -0.39 is 0 Å². The standard InChI is InChI=1S/C16H15N3OS/c1-21-15-8-3-2-7-14(15)16(20)17-11-12-10-13-6-4-5-9-19(13)18-12/h2-10H,11H2,1H3,(H,17,20). The summed E-state index contributed by atoms with van der Waals surface area (Å²) in [5, 5.41) is 7.34. The molecule has 0 spiro atoms. The zero-order chi connectivity index (χ0) is 14.7. The molecule has 0 aliphatic heterocycles. The second-order valence-corrected chi connectivity index (χ2v) is 5.44. The Balaban J connectivity index is 1.73. The lowest BCUT2D eigenvalue weighted by atomic mass is 10.2. The van der Waals surface area contributed by atoms with Crippen molar-refractivity contribution in [3.63, 3.8) is 0 Å². The number of benzene rings is 1. The summed E-state index contributed by atoms with van der Waals surface area (Å²) >= 11 is 1.57. The smallest absolute Gasteiger partial charge is 0.252 e. The van der Waals surface area contributed by atoms with Gasteiger partial charge in [0.05, 0.1) is 23.3 Å². The molecule has 0 bridgehead atoms. The predicted octanol–water partition coefficient (Wildman–Crippen LogP) is 2.99. The fourth-order valence-corrected chi connectivity index (χ4v) is 2.77. The van der Waals surface area contributed by atoms with E-state index in [0.29, 0.717) is 12.1 Å². The topological polar surface area (TPSA) is 46.4 Å². The van der Waals surface area contributed by atoms with E-state index in [9.17, 15) is 4.79 Å². The van der Waals surface area contributed by atoms with Gasteiger partial charge in [0, 0.05) is 11.1 Å². The number of hydrogen-bond acceptors (Lipinski definition) is 3. The Morgan fingerprint density at radius 2 is 2.05 bits per heavy atom. The summed E-state index contributed by atoms with van der Waals surface area (Å²) in [5.41, 5.74) is 2.57. The van der Waals surface area contributed by atoms with Crippen LogP contribution in [0.25, 0.3) is 5.52 Å². The van der Waals surface area contributed by atoms with Gasteiger partial charge in [-0.3, -0.25) is 4.79 Å². The summed E-state index contributed by atoms with van der Waals surface area (Å²) in [4.78, 5) is 13.2. The highest BCUT2D eigenvalue weighted by Gasteiger charge is 2.10. The highest BCUT2D eigenvalue weighted by Crippen LogP contribution is 2.19. The molecule has 1 amide bonds. The minimum absolute atomic E-state index is 0.0722. The molecule has 1 aromatic carbocycles. The first-order valence-electron chi connectivity index (χ1n) is 6.62. The number of nitrogens with zero attached hydrogens (tertiary/aromatic N) is 2. The molecule has 0 fully saturated rings. The highest BCUT2D eigenvalue weighted by atomic mass is 32.2. The summed E-state index contributed by atoms with van der Waals surface area (Å²) in [7, 11) is 0. The van der Waals surface area contributed by atoms with Crippen LogP contribution < -0.4 is 5.32 Å². The van der Waals surface area contributed by atoms with Crippen LogP contribution in [0, 0.1) is 0 Å². The van der Waals surface area contributed by atoms with Crippen molar-refractivity contribution >= 4 is 23.2 Å². The van der Waals surface area contributed by atoms with Crippen molar-refractivity contribution in [2.45, 2.75) is 11.4 Å². The number of fused-ring (bicyclic) bond motifs is 1. The summed E-state index contributed by atoms with van der Waals surface area (Å²) in [6.45, 7) is 0.420. The molecule has 106 valence electrons. The van der Waals surface area contributed by atoms with Crippen molar-refractivity contribution in [1.29, 1.82) is 0 Å². The van der Waals surface area contributed by atoms with Crippen LogP contribution in [-0.2, 0) is 6.54 Å². The van der Waals surface area contributed by atoms with E-state index in [1.165, 1.54) is 0 Å². The number of hydrogen-bond donors (Lipinski definition) is 1. The monoisotopic (exact) mass is 297 g/mol. The molecular weight excluding hydrogens is 282 g/mol. The molecule has 0 atom stereocenters. The number of amides is 1. The van der Waals surface area contributed by atoms with Crippen LogP contribution in [0.1, 0.15) is 16.1 Å². The van der Waals surface area contributed by atoms with Gasteiger partial charge in [-0.15, -0.1) is 11.8 Å². The van der Waals surface area contributed by atoms with Gasteiger partial charge in [-0.2, -0.15) is 5.10 Å². The number of carbonyl (C=O) groups excluding carboxylic acids is 1. The summed E-state index contributed by atoms with van der Waals surface area (Å²) in [5.74, 6) is -0.0722. The molecule has 3 rings (SSSR count). The van der Waals surface area contributed by atoms with Crippen LogP contribution >= 0.6 is 11.8 Å². The number of pyridine rings is 1. The Hall–Kier alpha value is -2.27. The Morgan fingerprint density at radius 1 is 1.24 bits per heavy atom. The Kier molecular flexibility index (Phi) is 3.92. The van der Waals surface area contributed by atoms with Crippen LogP contribution in [0.5, 0.6) is 0 Å². The van der Waals surface area contributed by atoms with E-state index in [1.54, 1.807) is 16.3 Å². The van der Waals surface area contributed by atoms with E-state index >= 15 is 0 Å². The fraction of sp³-hybridized carbons (Fsp3) is 0.125. The van der Waals surface area contributed by atoms with Crippen LogP contribution in [0.15, 0.2) is 59.6 Å². The van der Waals surface area contributed by atoms with Gasteiger partial charge in [-0.25, -0.2) is 4.52 Å². The summed E-state index contributed by atoms with van der Waals surface area (Å²) in [6, 6.07) is 15.5. The number of rotatable bonds is 4. The van der Waals surface area contributed by atoms with E-state index in [2.05, 4.69) is 10.4 Å². The van der Waals surface area contributed by atoms with Crippen molar-refractivity contribution in [1.82, 2.24) is 14.9 Å². The number of carbonyl (C=O) groups is 1. The second kappa shape index (κ2) is 6.01. The second-order valence-electron chi connectivity index (χ2n) is 4.59. The molecular formula is C16H15N3OS. The van der Waals surface area contributed by atoms with Gasteiger partial charge in [0.15, 0.2) is 0 Å². The molecule has 3 aromatic rings. The van der Waals surface area contributed by atoms with Gasteiger partial charge >= 0.3 is 0 Å². The Morgan fingerprint density at radius 3 is 2.86 bits per heavy atom. The first-order chi connectivity index (χ1) is 10.3. The van der Waals surface area contributed by atoms with Gasteiger partial charge in [0.2, 0.25) is 0 Å². The maximum absolute atomic E-state index is 12.3. The third kappa shape index (κ3) is 2.92. The average molecular weight is 297 g/mol. The molecule has 0 radical (unpaired) electrons. The molecule has 2 aromatic heterocycles. The summed E-state index contributed by atoms with van der Waals surface area (Å²) in [6.07, 6.45) is 3.86. The van der Waals surface area contributed by atoms with Gasteiger partial charge in [0.25, 0.3) is 5.91 Å². The lowest BCUT2D eigenvalue weighted by Crippen LogP contribution is -2.23. The van der Waals surface area contributed by atoms with Crippen molar-refractivity contribution in [2.75, 3.05) is 6.26 Å². The minimum Gasteiger partial charge on any atom is -0.346 e. The molecule has 2 heterocycles. The van der Waals surface area contributed by atoms with Crippen LogP contribution in [-0.4, -0.2) is 21.8 Å². The quantitative estimate of drug-likeness (QED) is 0.753. The normalized spacial score (nSPS) is 10.7. The first-order valence-corrected chi connectivity index (χ1v) is 7.85. The molecule has 1 N–H and O–H groups in total. The van der Waals surface area contributed by atoms with Crippen molar-refractivity contribution in [3.05, 3.63) is 66.0 Å². The SMILES string of the molecule is CSc1ccccc1C(=O)NCc1cc2ccccn2n1. The summed E-state index contributed by atoms with van der Waals surface area (Å²) < 4.78 is 1.80. The van der Waals surface area contributed by atoms with Gasteiger partial charge in [-0.1, -0.05) is 18.2 Å². The molecule has 21 heavy (non-hydrogen) atoms. The van der Waals surface area contributed by atoms with Crippen LogP contribution in [0.4, 0.5) is 0 Å². The molecule has 4 nitrogen and oxygen atoms in total. The number of thioether (sulfide) groups is 1.